The number of rotatable bonds is 5. The molecule has 3 rings (SSSR count). The van der Waals surface area contributed by atoms with E-state index in [1.165, 1.54) is 42.6 Å². The van der Waals surface area contributed by atoms with Gasteiger partial charge in [0.25, 0.3) is 5.88 Å². The molecule has 0 saturated heterocycles. The number of aromatic nitrogens is 1. The van der Waals surface area contributed by atoms with Crippen LogP contribution in [0.1, 0.15) is 19.4 Å². The number of benzene rings is 1. The maximum Gasteiger partial charge on any atom is 0.375 e. The Morgan fingerprint density at radius 3 is 2.39 bits per heavy atom. The van der Waals surface area contributed by atoms with Crippen molar-refractivity contribution in [2.75, 3.05) is 6.26 Å². The van der Waals surface area contributed by atoms with E-state index >= 15 is 0 Å². The van der Waals surface area contributed by atoms with Crippen molar-refractivity contribution in [1.29, 1.82) is 0 Å². The first-order valence-electron chi connectivity index (χ1n) is 8.06. The molecule has 146 valence electrons. The van der Waals surface area contributed by atoms with Crippen molar-refractivity contribution >= 4 is 27.1 Å². The lowest BCUT2D eigenvalue weighted by atomic mass is 9.92. The van der Waals surface area contributed by atoms with Crippen molar-refractivity contribution < 1.29 is 27.6 Å². The molecule has 2 aromatic rings. The summed E-state index contributed by atoms with van der Waals surface area (Å²) in [7, 11) is -3.39. The number of nitro groups is 1. The van der Waals surface area contributed by atoms with Crippen LogP contribution in [0.25, 0.3) is 5.57 Å². The van der Waals surface area contributed by atoms with E-state index in [9.17, 15) is 23.3 Å². The van der Waals surface area contributed by atoms with E-state index in [4.69, 9.17) is 9.47 Å². The molecule has 0 unspecified atom stereocenters. The second-order valence-corrected chi connectivity index (χ2v) is 8.60. The number of cyclic esters (lactones) is 1. The Morgan fingerprint density at radius 1 is 1.18 bits per heavy atom. The van der Waals surface area contributed by atoms with Crippen LogP contribution in [-0.2, 0) is 19.4 Å². The molecule has 0 fully saturated rings. The lowest BCUT2D eigenvalue weighted by Crippen LogP contribution is -2.22. The number of carbonyl (C=O) groups is 1. The second kappa shape index (κ2) is 6.71. The van der Waals surface area contributed by atoms with Gasteiger partial charge in [0, 0.05) is 18.5 Å². The molecule has 0 amide bonds. The summed E-state index contributed by atoms with van der Waals surface area (Å²) in [6, 6.07) is 8.42. The second-order valence-electron chi connectivity index (χ2n) is 6.59. The molecule has 0 atom stereocenters. The minimum Gasteiger partial charge on any atom is -0.449 e. The van der Waals surface area contributed by atoms with Crippen LogP contribution in [0.4, 0.5) is 5.69 Å². The van der Waals surface area contributed by atoms with E-state index in [1.807, 2.05) is 0 Å². The molecule has 0 spiro atoms. The van der Waals surface area contributed by atoms with Crippen LogP contribution < -0.4 is 4.74 Å². The maximum atomic E-state index is 12.4. The summed E-state index contributed by atoms with van der Waals surface area (Å²) in [5.41, 5.74) is -0.684. The van der Waals surface area contributed by atoms with Crippen molar-refractivity contribution in [1.82, 2.24) is 4.98 Å². The number of sulfone groups is 1. The fourth-order valence-electron chi connectivity index (χ4n) is 2.84. The van der Waals surface area contributed by atoms with Gasteiger partial charge >= 0.3 is 11.7 Å². The van der Waals surface area contributed by atoms with Gasteiger partial charge in [-0.05, 0) is 37.6 Å². The standard InChI is InChI=1S/C18H16N2O7S/c1-18(2)14(11-6-8-12(9-7-11)28(3,24)25)15(17(21)27-18)26-16-13(20(22)23)5-4-10-19-16/h4-10H,1-3H3. The summed E-state index contributed by atoms with van der Waals surface area (Å²) >= 11 is 0. The minimum atomic E-state index is -3.39. The van der Waals surface area contributed by atoms with Gasteiger partial charge in [0.2, 0.25) is 5.76 Å². The number of nitrogens with zero attached hydrogens (tertiary/aromatic N) is 2. The molecular formula is C18H16N2O7S. The third-order valence-corrected chi connectivity index (χ3v) is 5.21. The highest BCUT2D eigenvalue weighted by Gasteiger charge is 2.43. The fourth-order valence-corrected chi connectivity index (χ4v) is 3.47. The first-order valence-corrected chi connectivity index (χ1v) is 9.96. The summed E-state index contributed by atoms with van der Waals surface area (Å²) in [4.78, 5) is 26.8. The highest BCUT2D eigenvalue weighted by atomic mass is 32.2. The molecule has 0 N–H and O–H groups in total. The maximum absolute atomic E-state index is 12.4. The third-order valence-electron chi connectivity index (χ3n) is 4.08. The van der Waals surface area contributed by atoms with Crippen LogP contribution in [-0.4, -0.2) is 36.2 Å². The zero-order valence-electron chi connectivity index (χ0n) is 15.2. The van der Waals surface area contributed by atoms with Gasteiger partial charge in [0.1, 0.15) is 5.60 Å². The van der Waals surface area contributed by atoms with Crippen molar-refractivity contribution in [3.05, 3.63) is 64.0 Å². The van der Waals surface area contributed by atoms with E-state index in [2.05, 4.69) is 4.98 Å². The SMILES string of the molecule is CC1(C)OC(=O)C(Oc2ncccc2[N+](=O)[O-])=C1c1ccc(S(C)(=O)=O)cc1. The molecule has 1 aromatic carbocycles. The molecule has 1 aliphatic rings. The number of ether oxygens (including phenoxy) is 2. The summed E-state index contributed by atoms with van der Waals surface area (Å²) in [5.74, 6) is -1.38. The predicted molar refractivity (Wildman–Crippen MR) is 98.2 cm³/mol. The topological polar surface area (TPSA) is 126 Å². The molecule has 0 bridgehead atoms. The lowest BCUT2D eigenvalue weighted by Gasteiger charge is -2.21. The van der Waals surface area contributed by atoms with Crippen LogP contribution in [0.2, 0.25) is 0 Å². The highest BCUT2D eigenvalue weighted by molar-refractivity contribution is 7.90. The van der Waals surface area contributed by atoms with Gasteiger partial charge < -0.3 is 9.47 Å². The molecule has 0 saturated carbocycles. The Morgan fingerprint density at radius 2 is 1.82 bits per heavy atom. The quantitative estimate of drug-likeness (QED) is 0.423. The van der Waals surface area contributed by atoms with Crippen LogP contribution in [0.3, 0.4) is 0 Å². The van der Waals surface area contributed by atoms with E-state index in [1.54, 1.807) is 13.8 Å². The predicted octanol–water partition coefficient (Wildman–Crippen LogP) is 2.52. The Balaban J connectivity index is 2.13. The van der Waals surface area contributed by atoms with Crippen molar-refractivity contribution in [2.45, 2.75) is 24.3 Å². The largest absolute Gasteiger partial charge is 0.449 e. The summed E-state index contributed by atoms with van der Waals surface area (Å²) in [5, 5.41) is 11.2. The minimum absolute atomic E-state index is 0.114. The molecule has 0 radical (unpaired) electrons. The Labute approximate surface area is 160 Å². The molecule has 0 aliphatic carbocycles. The van der Waals surface area contributed by atoms with Gasteiger partial charge in [0.05, 0.1) is 15.4 Å². The Hall–Kier alpha value is -3.27. The number of pyridine rings is 1. The van der Waals surface area contributed by atoms with Gasteiger partial charge in [-0.1, -0.05) is 12.1 Å². The van der Waals surface area contributed by atoms with Crippen molar-refractivity contribution in [3.63, 3.8) is 0 Å². The fraction of sp³-hybridized carbons (Fsp3) is 0.222. The van der Waals surface area contributed by atoms with Crippen molar-refractivity contribution in [2.24, 2.45) is 0 Å². The summed E-state index contributed by atoms with van der Waals surface area (Å²) in [6.07, 6.45) is 2.39. The van der Waals surface area contributed by atoms with Crippen LogP contribution in [0.5, 0.6) is 5.88 Å². The van der Waals surface area contributed by atoms with Crippen LogP contribution in [0, 0.1) is 10.1 Å². The smallest absolute Gasteiger partial charge is 0.375 e. The monoisotopic (exact) mass is 404 g/mol. The first-order chi connectivity index (χ1) is 13.0. The number of esters is 1. The normalized spacial score (nSPS) is 16.0. The first kappa shape index (κ1) is 19.5. The molecule has 10 heteroatoms. The van der Waals surface area contributed by atoms with Gasteiger partial charge in [-0.2, -0.15) is 0 Å². The summed E-state index contributed by atoms with van der Waals surface area (Å²) in [6.45, 7) is 3.27. The zero-order valence-corrected chi connectivity index (χ0v) is 16.0. The molecule has 9 nitrogen and oxygen atoms in total. The lowest BCUT2D eigenvalue weighted by molar-refractivity contribution is -0.386. The molecule has 1 aromatic heterocycles. The van der Waals surface area contributed by atoms with Crippen LogP contribution >= 0.6 is 0 Å². The average Bonchev–Trinajstić information content (AvgIpc) is 2.82. The number of carbonyl (C=O) groups excluding carboxylic acids is 1. The van der Waals surface area contributed by atoms with Crippen molar-refractivity contribution in [3.8, 4) is 5.88 Å². The molecule has 1 aliphatic heterocycles. The van der Waals surface area contributed by atoms with Gasteiger partial charge in [-0.15, -0.1) is 0 Å². The molecule has 28 heavy (non-hydrogen) atoms. The van der Waals surface area contributed by atoms with Gasteiger partial charge in [-0.25, -0.2) is 18.2 Å². The zero-order chi connectivity index (χ0) is 20.7. The van der Waals surface area contributed by atoms with E-state index in [0.717, 1.165) is 6.26 Å². The van der Waals surface area contributed by atoms with Gasteiger partial charge in [0.15, 0.2) is 9.84 Å². The Bertz CT molecular complexity index is 1100. The van der Waals surface area contributed by atoms with Crippen LogP contribution in [0.15, 0.2) is 53.2 Å². The van der Waals surface area contributed by atoms with E-state index in [-0.39, 0.29) is 16.5 Å². The number of hydrogen-bond donors (Lipinski definition) is 0. The van der Waals surface area contributed by atoms with E-state index < -0.39 is 32.0 Å². The average molecular weight is 404 g/mol. The number of hydrogen-bond acceptors (Lipinski definition) is 8. The van der Waals surface area contributed by atoms with Gasteiger partial charge in [-0.3, -0.25) is 10.1 Å². The summed E-state index contributed by atoms with van der Waals surface area (Å²) < 4.78 is 34.2. The molecule has 2 heterocycles. The molecular weight excluding hydrogens is 388 g/mol. The highest BCUT2D eigenvalue weighted by Crippen LogP contribution is 2.41. The Kier molecular flexibility index (Phi) is 4.67. The van der Waals surface area contributed by atoms with E-state index in [0.29, 0.717) is 11.1 Å². The third kappa shape index (κ3) is 3.58.